The number of carbonyl (C=O) groups is 1. The first-order valence-electron chi connectivity index (χ1n) is 5.57. The molecular formula is C13H19NO3. The maximum Gasteiger partial charge on any atom is 0.323 e. The lowest BCUT2D eigenvalue weighted by Gasteiger charge is -2.24. The van der Waals surface area contributed by atoms with Crippen molar-refractivity contribution in [3.05, 3.63) is 29.8 Å². The van der Waals surface area contributed by atoms with E-state index in [1.807, 2.05) is 38.1 Å². The minimum atomic E-state index is -1.26. The lowest BCUT2D eigenvalue weighted by atomic mass is 9.96. The minimum absolute atomic E-state index is 0.248. The number of para-hydroxylation sites is 1. The van der Waals surface area contributed by atoms with Gasteiger partial charge in [-0.25, -0.2) is 0 Å². The van der Waals surface area contributed by atoms with Gasteiger partial charge < -0.3 is 15.6 Å². The summed E-state index contributed by atoms with van der Waals surface area (Å²) in [5.74, 6) is -0.251. The van der Waals surface area contributed by atoms with Crippen molar-refractivity contribution < 1.29 is 14.6 Å². The van der Waals surface area contributed by atoms with Crippen molar-refractivity contribution in [2.45, 2.75) is 38.8 Å². The van der Waals surface area contributed by atoms with Gasteiger partial charge in [0.25, 0.3) is 0 Å². The summed E-state index contributed by atoms with van der Waals surface area (Å²) in [4.78, 5) is 10.9. The molecule has 2 unspecified atom stereocenters. The summed E-state index contributed by atoms with van der Waals surface area (Å²) in [5, 5.41) is 8.93. The quantitative estimate of drug-likeness (QED) is 0.821. The van der Waals surface area contributed by atoms with E-state index >= 15 is 0 Å². The first-order valence-corrected chi connectivity index (χ1v) is 5.57. The molecule has 0 aliphatic carbocycles. The molecule has 17 heavy (non-hydrogen) atoms. The number of hydrogen-bond donors (Lipinski definition) is 2. The number of nitrogens with two attached hydrogens (primary N) is 1. The summed E-state index contributed by atoms with van der Waals surface area (Å²) >= 11 is 0. The van der Waals surface area contributed by atoms with E-state index in [-0.39, 0.29) is 12.5 Å². The van der Waals surface area contributed by atoms with Gasteiger partial charge in [-0.2, -0.15) is 0 Å². The number of ether oxygens (including phenoxy) is 1. The van der Waals surface area contributed by atoms with Gasteiger partial charge in [0, 0.05) is 6.42 Å². The van der Waals surface area contributed by atoms with Gasteiger partial charge in [0.15, 0.2) is 0 Å². The summed E-state index contributed by atoms with van der Waals surface area (Å²) in [5.41, 5.74) is 5.43. The Bertz CT molecular complexity index is 401. The molecule has 0 radical (unpaired) electrons. The van der Waals surface area contributed by atoms with Crippen LogP contribution >= 0.6 is 0 Å². The molecule has 4 nitrogen and oxygen atoms in total. The zero-order valence-electron chi connectivity index (χ0n) is 10.4. The van der Waals surface area contributed by atoms with E-state index in [1.165, 1.54) is 6.92 Å². The molecule has 0 bridgehead atoms. The van der Waals surface area contributed by atoms with Gasteiger partial charge in [-0.15, -0.1) is 0 Å². The number of carboxylic acid groups (broad SMARTS) is 1. The van der Waals surface area contributed by atoms with E-state index in [2.05, 4.69) is 0 Å². The smallest absolute Gasteiger partial charge is 0.323 e. The van der Waals surface area contributed by atoms with Crippen LogP contribution in [-0.4, -0.2) is 22.7 Å². The molecule has 4 heteroatoms. The number of aliphatic carboxylic acids is 1. The summed E-state index contributed by atoms with van der Waals surface area (Å²) in [6, 6.07) is 7.62. The van der Waals surface area contributed by atoms with E-state index in [0.717, 1.165) is 11.3 Å². The molecule has 0 amide bonds. The molecule has 0 fully saturated rings. The standard InChI is InChI=1S/C13H19NO3/c1-9-6-4-5-7-11(9)17-10(2)8-13(3,14)12(15)16/h4-7,10H,8,14H2,1-3H3,(H,15,16). The normalized spacial score (nSPS) is 16.0. The van der Waals surface area contributed by atoms with E-state index in [0.29, 0.717) is 0 Å². The van der Waals surface area contributed by atoms with Crippen LogP contribution in [0.4, 0.5) is 0 Å². The molecule has 0 saturated heterocycles. The molecular weight excluding hydrogens is 218 g/mol. The van der Waals surface area contributed by atoms with Crippen LogP contribution in [-0.2, 0) is 4.79 Å². The van der Waals surface area contributed by atoms with Crippen LogP contribution in [0.3, 0.4) is 0 Å². The Kier molecular flexibility index (Phi) is 4.12. The molecule has 0 heterocycles. The van der Waals surface area contributed by atoms with Gasteiger partial charge in [-0.05, 0) is 32.4 Å². The molecule has 0 aliphatic rings. The Morgan fingerprint density at radius 3 is 2.65 bits per heavy atom. The second-order valence-corrected chi connectivity index (χ2v) is 4.62. The van der Waals surface area contributed by atoms with E-state index in [1.54, 1.807) is 0 Å². The van der Waals surface area contributed by atoms with Crippen molar-refractivity contribution in [2.75, 3.05) is 0 Å². The van der Waals surface area contributed by atoms with Gasteiger partial charge >= 0.3 is 5.97 Å². The number of aryl methyl sites for hydroxylation is 1. The number of carboxylic acids is 1. The zero-order chi connectivity index (χ0) is 13.1. The Balaban J connectivity index is 2.65. The monoisotopic (exact) mass is 237 g/mol. The van der Waals surface area contributed by atoms with Gasteiger partial charge in [-0.1, -0.05) is 18.2 Å². The molecule has 0 spiro atoms. The fourth-order valence-corrected chi connectivity index (χ4v) is 1.63. The van der Waals surface area contributed by atoms with Gasteiger partial charge in [0.2, 0.25) is 0 Å². The molecule has 0 aromatic heterocycles. The summed E-state index contributed by atoms with van der Waals surface area (Å²) in [7, 11) is 0. The molecule has 2 atom stereocenters. The highest BCUT2D eigenvalue weighted by molar-refractivity contribution is 5.77. The third-order valence-electron chi connectivity index (χ3n) is 2.62. The number of benzene rings is 1. The van der Waals surface area contributed by atoms with Crippen molar-refractivity contribution in [1.82, 2.24) is 0 Å². The van der Waals surface area contributed by atoms with E-state index in [9.17, 15) is 4.79 Å². The zero-order valence-corrected chi connectivity index (χ0v) is 10.4. The first kappa shape index (κ1) is 13.5. The maximum atomic E-state index is 10.9. The van der Waals surface area contributed by atoms with Crippen molar-refractivity contribution >= 4 is 5.97 Å². The van der Waals surface area contributed by atoms with E-state index in [4.69, 9.17) is 15.6 Å². The third-order valence-corrected chi connectivity index (χ3v) is 2.62. The third kappa shape index (κ3) is 3.75. The van der Waals surface area contributed by atoms with Crippen LogP contribution in [0.15, 0.2) is 24.3 Å². The topological polar surface area (TPSA) is 72.5 Å². The SMILES string of the molecule is Cc1ccccc1OC(C)CC(C)(N)C(=O)O. The average molecular weight is 237 g/mol. The highest BCUT2D eigenvalue weighted by Crippen LogP contribution is 2.20. The van der Waals surface area contributed by atoms with Gasteiger partial charge in [0.1, 0.15) is 11.3 Å². The predicted octanol–water partition coefficient (Wildman–Crippen LogP) is 1.95. The first-order chi connectivity index (χ1) is 7.83. The molecule has 1 aromatic rings. The van der Waals surface area contributed by atoms with Crippen molar-refractivity contribution in [2.24, 2.45) is 5.73 Å². The minimum Gasteiger partial charge on any atom is -0.490 e. The molecule has 0 saturated carbocycles. The summed E-state index contributed by atoms with van der Waals surface area (Å²) < 4.78 is 5.69. The maximum absolute atomic E-state index is 10.9. The second kappa shape index (κ2) is 5.19. The van der Waals surface area contributed by atoms with Crippen molar-refractivity contribution in [3.63, 3.8) is 0 Å². The van der Waals surface area contributed by atoms with Crippen LogP contribution in [0.2, 0.25) is 0 Å². The molecule has 94 valence electrons. The van der Waals surface area contributed by atoms with Crippen molar-refractivity contribution in [1.29, 1.82) is 0 Å². The van der Waals surface area contributed by atoms with E-state index < -0.39 is 11.5 Å². The highest BCUT2D eigenvalue weighted by atomic mass is 16.5. The average Bonchev–Trinajstić information content (AvgIpc) is 2.20. The van der Waals surface area contributed by atoms with Crippen LogP contribution < -0.4 is 10.5 Å². The fraction of sp³-hybridized carbons (Fsp3) is 0.462. The summed E-state index contributed by atoms with van der Waals surface area (Å²) in [6.07, 6.45) is 0.0126. The number of rotatable bonds is 5. The Morgan fingerprint density at radius 1 is 1.53 bits per heavy atom. The largest absolute Gasteiger partial charge is 0.490 e. The molecule has 1 aromatic carbocycles. The Labute approximate surface area is 101 Å². The van der Waals surface area contributed by atoms with Crippen LogP contribution in [0.5, 0.6) is 5.75 Å². The Morgan fingerprint density at radius 2 is 2.12 bits per heavy atom. The predicted molar refractivity (Wildman–Crippen MR) is 66.1 cm³/mol. The van der Waals surface area contributed by atoms with Crippen LogP contribution in [0.25, 0.3) is 0 Å². The summed E-state index contributed by atoms with van der Waals surface area (Å²) in [6.45, 7) is 5.26. The number of hydrogen-bond acceptors (Lipinski definition) is 3. The van der Waals surface area contributed by atoms with Crippen LogP contribution in [0, 0.1) is 6.92 Å². The van der Waals surface area contributed by atoms with Crippen LogP contribution in [0.1, 0.15) is 25.8 Å². The highest BCUT2D eigenvalue weighted by Gasteiger charge is 2.30. The molecule has 3 N–H and O–H groups in total. The van der Waals surface area contributed by atoms with Crippen molar-refractivity contribution in [3.8, 4) is 5.75 Å². The molecule has 1 rings (SSSR count). The lowest BCUT2D eigenvalue weighted by molar-refractivity contribution is -0.143. The van der Waals surface area contributed by atoms with Gasteiger partial charge in [0.05, 0.1) is 6.10 Å². The Hall–Kier alpha value is -1.55. The lowest BCUT2D eigenvalue weighted by Crippen LogP contribution is -2.47. The second-order valence-electron chi connectivity index (χ2n) is 4.62. The molecule has 0 aliphatic heterocycles. The fourth-order valence-electron chi connectivity index (χ4n) is 1.63. The van der Waals surface area contributed by atoms with Gasteiger partial charge in [-0.3, -0.25) is 4.79 Å².